The number of hydrogen-bond donors (Lipinski definition) is 3. The van der Waals surface area contributed by atoms with Gasteiger partial charge < -0.3 is 10.4 Å². The third-order valence-electron chi connectivity index (χ3n) is 2.91. The molecule has 0 aliphatic heterocycles. The van der Waals surface area contributed by atoms with E-state index in [4.69, 9.17) is 5.11 Å². The largest absolute Gasteiger partial charge is 0.480 e. The quantitative estimate of drug-likeness (QED) is 0.618. The van der Waals surface area contributed by atoms with Crippen LogP contribution in [0.15, 0.2) is 15.8 Å². The molecule has 0 saturated heterocycles. The summed E-state index contributed by atoms with van der Waals surface area (Å²) in [4.78, 5) is 46.6. The minimum atomic E-state index is -1.37. The molecule has 0 spiro atoms. The van der Waals surface area contributed by atoms with Crippen molar-refractivity contribution in [3.8, 4) is 0 Å². The summed E-state index contributed by atoms with van der Waals surface area (Å²) in [6.45, 7) is -0.472. The van der Waals surface area contributed by atoms with E-state index in [2.05, 4.69) is 5.32 Å². The number of aromatic nitrogens is 2. The van der Waals surface area contributed by atoms with E-state index < -0.39 is 41.5 Å². The number of nitrogens with zero attached hydrogens (tertiary/aromatic N) is 1. The van der Waals surface area contributed by atoms with E-state index in [0.29, 0.717) is 23.6 Å². The topological polar surface area (TPSA) is 121 Å². The fourth-order valence-electron chi connectivity index (χ4n) is 1.64. The second kappa shape index (κ2) is 5.27. The minimum Gasteiger partial charge on any atom is -0.480 e. The third kappa shape index (κ3) is 3.11. The molecule has 1 fully saturated rings. The Bertz CT molecular complexity index is 661. The van der Waals surface area contributed by atoms with Gasteiger partial charge in [0.2, 0.25) is 11.7 Å². The van der Waals surface area contributed by atoms with Crippen LogP contribution in [0.25, 0.3) is 0 Å². The summed E-state index contributed by atoms with van der Waals surface area (Å²) in [5, 5.41) is 11.3. The molecule has 20 heavy (non-hydrogen) atoms. The fraction of sp³-hybridized carbons (Fsp3) is 0.455. The first-order valence-electron chi connectivity index (χ1n) is 5.91. The Morgan fingerprint density at radius 1 is 1.50 bits per heavy atom. The summed E-state index contributed by atoms with van der Waals surface area (Å²) < 4.78 is 13.8. The molecular weight excluding hydrogens is 273 g/mol. The van der Waals surface area contributed by atoms with Gasteiger partial charge in [-0.1, -0.05) is 0 Å². The SMILES string of the molecule is O=C(N[C@@H](Cn1cc(F)c(=O)[nH]c1=O)C(=O)O)C1CC1. The number of carboxylic acid groups (broad SMARTS) is 1. The first-order chi connectivity index (χ1) is 9.38. The van der Waals surface area contributed by atoms with Gasteiger partial charge in [0.1, 0.15) is 6.04 Å². The van der Waals surface area contributed by atoms with Gasteiger partial charge in [-0.25, -0.2) is 9.59 Å². The van der Waals surface area contributed by atoms with Crippen LogP contribution in [0.4, 0.5) is 4.39 Å². The molecule has 108 valence electrons. The van der Waals surface area contributed by atoms with Crippen LogP contribution in [0.2, 0.25) is 0 Å². The van der Waals surface area contributed by atoms with E-state index in [-0.39, 0.29) is 5.92 Å². The molecule has 2 rings (SSSR count). The molecule has 1 atom stereocenters. The number of carbonyl (C=O) groups excluding carboxylic acids is 1. The van der Waals surface area contributed by atoms with Gasteiger partial charge in [0, 0.05) is 5.92 Å². The number of halogens is 1. The van der Waals surface area contributed by atoms with Crippen molar-refractivity contribution >= 4 is 11.9 Å². The van der Waals surface area contributed by atoms with Crippen molar-refractivity contribution in [2.45, 2.75) is 25.4 Å². The van der Waals surface area contributed by atoms with Gasteiger partial charge in [0.05, 0.1) is 12.7 Å². The zero-order chi connectivity index (χ0) is 14.9. The Labute approximate surface area is 111 Å². The monoisotopic (exact) mass is 285 g/mol. The zero-order valence-corrected chi connectivity index (χ0v) is 10.3. The van der Waals surface area contributed by atoms with Gasteiger partial charge >= 0.3 is 11.7 Å². The lowest BCUT2D eigenvalue weighted by molar-refractivity contribution is -0.142. The van der Waals surface area contributed by atoms with E-state index in [1.165, 1.54) is 0 Å². The number of nitrogens with one attached hydrogen (secondary N) is 2. The molecule has 1 aliphatic rings. The number of hydrogen-bond acceptors (Lipinski definition) is 4. The Hall–Kier alpha value is -2.45. The number of carboxylic acids is 1. The lowest BCUT2D eigenvalue weighted by Crippen LogP contribution is -2.46. The molecule has 0 bridgehead atoms. The number of amides is 1. The molecule has 1 saturated carbocycles. The molecule has 0 radical (unpaired) electrons. The Morgan fingerprint density at radius 3 is 2.70 bits per heavy atom. The maximum absolute atomic E-state index is 13.1. The van der Waals surface area contributed by atoms with Crippen molar-refractivity contribution in [1.82, 2.24) is 14.9 Å². The Balaban J connectivity index is 2.17. The van der Waals surface area contributed by atoms with Gasteiger partial charge in [-0.15, -0.1) is 0 Å². The molecule has 0 unspecified atom stereocenters. The van der Waals surface area contributed by atoms with Crippen molar-refractivity contribution in [2.24, 2.45) is 5.92 Å². The van der Waals surface area contributed by atoms with Crippen molar-refractivity contribution < 1.29 is 19.1 Å². The lowest BCUT2D eigenvalue weighted by atomic mass is 10.2. The maximum atomic E-state index is 13.1. The van der Waals surface area contributed by atoms with Crippen molar-refractivity contribution in [1.29, 1.82) is 0 Å². The summed E-state index contributed by atoms with van der Waals surface area (Å²) >= 11 is 0. The molecule has 1 amide bonds. The van der Waals surface area contributed by atoms with Crippen LogP contribution in [0, 0.1) is 11.7 Å². The first kappa shape index (κ1) is 14.0. The molecular formula is C11H12FN3O5. The normalized spacial score (nSPS) is 15.7. The molecule has 1 heterocycles. The van der Waals surface area contributed by atoms with Crippen LogP contribution in [0.1, 0.15) is 12.8 Å². The van der Waals surface area contributed by atoms with Crippen LogP contribution in [-0.4, -0.2) is 32.6 Å². The summed E-state index contributed by atoms with van der Waals surface area (Å²) in [5.74, 6) is -3.16. The predicted molar refractivity (Wildman–Crippen MR) is 63.6 cm³/mol. The molecule has 1 aromatic heterocycles. The first-order valence-corrected chi connectivity index (χ1v) is 5.91. The standard InChI is InChI=1S/C11H12FN3O5/c12-6-3-15(11(20)14-9(6)17)4-7(10(18)19)13-8(16)5-1-2-5/h3,5,7H,1-2,4H2,(H,13,16)(H,18,19)(H,14,17,20)/t7-/m0/s1. The van der Waals surface area contributed by atoms with Crippen LogP contribution in [0.5, 0.6) is 0 Å². The summed E-state index contributed by atoms with van der Waals surface area (Å²) in [7, 11) is 0. The number of rotatable bonds is 5. The molecule has 9 heteroatoms. The highest BCUT2D eigenvalue weighted by Crippen LogP contribution is 2.28. The van der Waals surface area contributed by atoms with E-state index in [0.717, 1.165) is 0 Å². The fourth-order valence-corrected chi connectivity index (χ4v) is 1.64. The van der Waals surface area contributed by atoms with E-state index in [1.807, 2.05) is 0 Å². The van der Waals surface area contributed by atoms with Crippen LogP contribution >= 0.6 is 0 Å². The van der Waals surface area contributed by atoms with Gasteiger partial charge in [-0.3, -0.25) is 19.1 Å². The number of carbonyl (C=O) groups is 2. The molecule has 1 aliphatic carbocycles. The van der Waals surface area contributed by atoms with Gasteiger partial charge in [-0.2, -0.15) is 4.39 Å². The lowest BCUT2D eigenvalue weighted by Gasteiger charge is -2.15. The molecule has 8 nitrogen and oxygen atoms in total. The Morgan fingerprint density at radius 2 is 2.15 bits per heavy atom. The molecule has 1 aromatic rings. The second-order valence-electron chi connectivity index (χ2n) is 4.56. The van der Waals surface area contributed by atoms with Crippen LogP contribution in [-0.2, 0) is 16.1 Å². The minimum absolute atomic E-state index is 0.194. The maximum Gasteiger partial charge on any atom is 0.328 e. The average Bonchev–Trinajstić information content (AvgIpc) is 3.18. The second-order valence-corrected chi connectivity index (χ2v) is 4.56. The van der Waals surface area contributed by atoms with Crippen LogP contribution < -0.4 is 16.6 Å². The van der Waals surface area contributed by atoms with Crippen molar-refractivity contribution in [2.75, 3.05) is 0 Å². The van der Waals surface area contributed by atoms with Crippen molar-refractivity contribution in [3.63, 3.8) is 0 Å². The number of H-pyrrole nitrogens is 1. The molecule has 0 aromatic carbocycles. The Kier molecular flexibility index (Phi) is 3.68. The highest BCUT2D eigenvalue weighted by atomic mass is 19.1. The van der Waals surface area contributed by atoms with Crippen LogP contribution in [0.3, 0.4) is 0 Å². The molecule has 3 N–H and O–H groups in total. The smallest absolute Gasteiger partial charge is 0.328 e. The predicted octanol–water partition coefficient (Wildman–Crippen LogP) is -1.34. The van der Waals surface area contributed by atoms with E-state index >= 15 is 0 Å². The number of aliphatic carboxylic acids is 1. The third-order valence-corrected chi connectivity index (χ3v) is 2.91. The highest BCUT2D eigenvalue weighted by molar-refractivity contribution is 5.86. The average molecular weight is 285 g/mol. The van der Waals surface area contributed by atoms with Gasteiger partial charge in [0.15, 0.2) is 0 Å². The van der Waals surface area contributed by atoms with Gasteiger partial charge in [0.25, 0.3) is 5.56 Å². The van der Waals surface area contributed by atoms with E-state index in [1.54, 1.807) is 4.98 Å². The number of aromatic amines is 1. The van der Waals surface area contributed by atoms with Crippen molar-refractivity contribution in [3.05, 3.63) is 32.9 Å². The summed E-state index contributed by atoms with van der Waals surface area (Å²) in [5.41, 5.74) is -2.12. The summed E-state index contributed by atoms with van der Waals surface area (Å²) in [6.07, 6.45) is 2.01. The zero-order valence-electron chi connectivity index (χ0n) is 10.3. The van der Waals surface area contributed by atoms with Gasteiger partial charge in [-0.05, 0) is 12.8 Å². The highest BCUT2D eigenvalue weighted by Gasteiger charge is 2.32. The van der Waals surface area contributed by atoms with E-state index in [9.17, 15) is 23.6 Å². The summed E-state index contributed by atoms with van der Waals surface area (Å²) in [6, 6.07) is -1.37.